The maximum atomic E-state index is 13.0. The van der Waals surface area contributed by atoms with E-state index in [0.717, 1.165) is 5.56 Å². The van der Waals surface area contributed by atoms with Gasteiger partial charge in [-0.15, -0.1) is 0 Å². The summed E-state index contributed by atoms with van der Waals surface area (Å²) in [5, 5.41) is 3.38. The summed E-state index contributed by atoms with van der Waals surface area (Å²) in [5.41, 5.74) is 2.21. The largest absolute Gasteiger partial charge is 0.306 e. The highest BCUT2D eigenvalue weighted by molar-refractivity contribution is 5.19. The molecule has 0 unspecified atom stereocenters. The molecule has 0 heterocycles. The maximum Gasteiger partial charge on any atom is 0.123 e. The highest BCUT2D eigenvalue weighted by atomic mass is 19.1. The van der Waals surface area contributed by atoms with Gasteiger partial charge in [0.05, 0.1) is 0 Å². The Labute approximate surface area is 101 Å². The molecule has 2 rings (SSSR count). The molecule has 2 aromatic carbocycles. The van der Waals surface area contributed by atoms with Gasteiger partial charge in [-0.25, -0.2) is 4.39 Å². The summed E-state index contributed by atoms with van der Waals surface area (Å²) in [5.74, 6) is -0.184. The molecule has 0 radical (unpaired) electrons. The molecule has 0 aliphatic heterocycles. The average molecular weight is 229 g/mol. The van der Waals surface area contributed by atoms with Gasteiger partial charge >= 0.3 is 0 Å². The Hall–Kier alpha value is -1.67. The molecular weight excluding hydrogens is 213 g/mol. The predicted molar refractivity (Wildman–Crippen MR) is 68.1 cm³/mol. The highest BCUT2D eigenvalue weighted by Crippen LogP contribution is 2.12. The molecule has 1 atom stereocenters. The lowest BCUT2D eigenvalue weighted by atomic mass is 10.1. The van der Waals surface area contributed by atoms with Crippen LogP contribution < -0.4 is 5.32 Å². The summed E-state index contributed by atoms with van der Waals surface area (Å²) >= 11 is 0. The van der Waals surface area contributed by atoms with Crippen LogP contribution >= 0.6 is 0 Å². The molecule has 0 spiro atoms. The summed E-state index contributed by atoms with van der Waals surface area (Å²) in [6.07, 6.45) is 0. The fourth-order valence-electron chi connectivity index (χ4n) is 1.78. The van der Waals surface area contributed by atoms with E-state index in [1.807, 2.05) is 24.3 Å². The van der Waals surface area contributed by atoms with Gasteiger partial charge in [-0.3, -0.25) is 0 Å². The van der Waals surface area contributed by atoms with E-state index in [9.17, 15) is 4.39 Å². The van der Waals surface area contributed by atoms with Gasteiger partial charge in [0.1, 0.15) is 5.82 Å². The van der Waals surface area contributed by atoms with Crippen molar-refractivity contribution in [2.45, 2.75) is 19.5 Å². The van der Waals surface area contributed by atoms with Gasteiger partial charge in [0.2, 0.25) is 0 Å². The van der Waals surface area contributed by atoms with Crippen LogP contribution in [0.4, 0.5) is 4.39 Å². The second-order valence-electron chi connectivity index (χ2n) is 4.14. The van der Waals surface area contributed by atoms with E-state index >= 15 is 0 Å². The van der Waals surface area contributed by atoms with Gasteiger partial charge in [-0.05, 0) is 30.2 Å². The van der Waals surface area contributed by atoms with Crippen molar-refractivity contribution in [2.75, 3.05) is 0 Å². The topological polar surface area (TPSA) is 12.0 Å². The van der Waals surface area contributed by atoms with Crippen molar-refractivity contribution in [2.24, 2.45) is 0 Å². The van der Waals surface area contributed by atoms with Gasteiger partial charge < -0.3 is 5.32 Å². The zero-order chi connectivity index (χ0) is 12.1. The quantitative estimate of drug-likeness (QED) is 0.843. The Morgan fingerprint density at radius 2 is 1.82 bits per heavy atom. The van der Waals surface area contributed by atoms with E-state index < -0.39 is 0 Å². The molecular formula is C15H16FN. The summed E-state index contributed by atoms with van der Waals surface area (Å²) in [6, 6.07) is 17.2. The predicted octanol–water partition coefficient (Wildman–Crippen LogP) is 3.68. The van der Waals surface area contributed by atoms with Crippen molar-refractivity contribution in [3.63, 3.8) is 0 Å². The summed E-state index contributed by atoms with van der Waals surface area (Å²) in [6.45, 7) is 2.78. The highest BCUT2D eigenvalue weighted by Gasteiger charge is 2.03. The van der Waals surface area contributed by atoms with Gasteiger partial charge in [-0.2, -0.15) is 0 Å². The number of benzene rings is 2. The third-order valence-corrected chi connectivity index (χ3v) is 2.80. The lowest BCUT2D eigenvalue weighted by Crippen LogP contribution is -2.17. The molecule has 0 aromatic heterocycles. The molecule has 2 aromatic rings. The van der Waals surface area contributed by atoms with Crippen LogP contribution in [-0.4, -0.2) is 0 Å². The van der Waals surface area contributed by atoms with Crippen LogP contribution in [0.5, 0.6) is 0 Å². The SMILES string of the molecule is C[C@H](NCc1cccc(F)c1)c1ccccc1. The number of halogens is 1. The molecule has 1 N–H and O–H groups in total. The lowest BCUT2D eigenvalue weighted by Gasteiger charge is -2.14. The number of hydrogen-bond donors (Lipinski definition) is 1. The van der Waals surface area contributed by atoms with Crippen molar-refractivity contribution in [3.05, 3.63) is 71.5 Å². The first-order chi connectivity index (χ1) is 8.25. The lowest BCUT2D eigenvalue weighted by molar-refractivity contribution is 0.569. The van der Waals surface area contributed by atoms with Crippen LogP contribution in [-0.2, 0) is 6.54 Å². The summed E-state index contributed by atoms with van der Waals surface area (Å²) < 4.78 is 13.0. The third kappa shape index (κ3) is 3.40. The molecule has 88 valence electrons. The Bertz CT molecular complexity index is 467. The fraction of sp³-hybridized carbons (Fsp3) is 0.200. The minimum Gasteiger partial charge on any atom is -0.306 e. The molecule has 1 nitrogen and oxygen atoms in total. The summed E-state index contributed by atoms with van der Waals surface area (Å²) in [4.78, 5) is 0. The van der Waals surface area contributed by atoms with Gasteiger partial charge in [0.25, 0.3) is 0 Å². The number of nitrogens with one attached hydrogen (secondary N) is 1. The van der Waals surface area contributed by atoms with Crippen molar-refractivity contribution in [3.8, 4) is 0 Å². The van der Waals surface area contributed by atoms with Crippen molar-refractivity contribution in [1.82, 2.24) is 5.32 Å². The first-order valence-electron chi connectivity index (χ1n) is 5.78. The molecule has 0 bridgehead atoms. The third-order valence-electron chi connectivity index (χ3n) is 2.80. The minimum atomic E-state index is -0.184. The van der Waals surface area contributed by atoms with E-state index in [-0.39, 0.29) is 11.9 Å². The van der Waals surface area contributed by atoms with Crippen molar-refractivity contribution >= 4 is 0 Å². The first-order valence-corrected chi connectivity index (χ1v) is 5.78. The first kappa shape index (κ1) is 11.8. The second kappa shape index (κ2) is 5.60. The molecule has 0 amide bonds. The smallest absolute Gasteiger partial charge is 0.123 e. The van der Waals surface area contributed by atoms with Crippen molar-refractivity contribution < 1.29 is 4.39 Å². The fourth-order valence-corrected chi connectivity index (χ4v) is 1.78. The van der Waals surface area contributed by atoms with Crippen LogP contribution in [0.15, 0.2) is 54.6 Å². The Morgan fingerprint density at radius 3 is 2.53 bits per heavy atom. The Balaban J connectivity index is 1.95. The Kier molecular flexibility index (Phi) is 3.89. The normalized spacial score (nSPS) is 12.4. The van der Waals surface area contributed by atoms with E-state index in [4.69, 9.17) is 0 Å². The zero-order valence-electron chi connectivity index (χ0n) is 9.86. The standard InChI is InChI=1S/C15H16FN/c1-12(14-7-3-2-4-8-14)17-11-13-6-5-9-15(16)10-13/h2-10,12,17H,11H2,1H3/t12-/m0/s1. The van der Waals surface area contributed by atoms with Crippen molar-refractivity contribution in [1.29, 1.82) is 0 Å². The Morgan fingerprint density at radius 1 is 1.06 bits per heavy atom. The van der Waals surface area contributed by atoms with Crippen LogP contribution in [0.25, 0.3) is 0 Å². The van der Waals surface area contributed by atoms with Gasteiger partial charge in [0, 0.05) is 12.6 Å². The van der Waals surface area contributed by atoms with E-state index in [1.165, 1.54) is 11.6 Å². The average Bonchev–Trinajstić information content (AvgIpc) is 2.37. The van der Waals surface area contributed by atoms with Gasteiger partial charge in [-0.1, -0.05) is 42.5 Å². The van der Waals surface area contributed by atoms with E-state index in [0.29, 0.717) is 6.54 Å². The molecule has 0 saturated heterocycles. The minimum absolute atomic E-state index is 0.184. The monoisotopic (exact) mass is 229 g/mol. The van der Waals surface area contributed by atoms with Crippen LogP contribution in [0.1, 0.15) is 24.1 Å². The number of hydrogen-bond acceptors (Lipinski definition) is 1. The maximum absolute atomic E-state index is 13.0. The molecule has 0 saturated carbocycles. The second-order valence-corrected chi connectivity index (χ2v) is 4.14. The molecule has 0 fully saturated rings. The summed E-state index contributed by atoms with van der Waals surface area (Å²) in [7, 11) is 0. The molecule has 17 heavy (non-hydrogen) atoms. The van der Waals surface area contributed by atoms with E-state index in [2.05, 4.69) is 24.4 Å². The van der Waals surface area contributed by atoms with E-state index in [1.54, 1.807) is 12.1 Å². The molecule has 2 heteroatoms. The number of rotatable bonds is 4. The zero-order valence-corrected chi connectivity index (χ0v) is 9.86. The molecule has 0 aliphatic rings. The van der Waals surface area contributed by atoms with Gasteiger partial charge in [0.15, 0.2) is 0 Å². The van der Waals surface area contributed by atoms with Crippen LogP contribution in [0, 0.1) is 5.82 Å². The van der Waals surface area contributed by atoms with Crippen LogP contribution in [0.3, 0.4) is 0 Å². The van der Waals surface area contributed by atoms with Crippen LogP contribution in [0.2, 0.25) is 0 Å². The molecule has 0 aliphatic carbocycles.